The molecule has 4 nitrogen and oxygen atoms in total. The summed E-state index contributed by atoms with van der Waals surface area (Å²) in [5, 5.41) is 2.65. The van der Waals surface area contributed by atoms with Crippen molar-refractivity contribution >= 4 is 52.3 Å². The van der Waals surface area contributed by atoms with Crippen molar-refractivity contribution in [2.45, 2.75) is 6.42 Å². The van der Waals surface area contributed by atoms with Crippen LogP contribution in [0.1, 0.15) is 16.8 Å². The number of amides is 1. The highest BCUT2D eigenvalue weighted by Gasteiger charge is 2.37. The number of carbonyl (C=O) groups excluding carboxylic acids is 3. The van der Waals surface area contributed by atoms with Gasteiger partial charge in [0.25, 0.3) is 0 Å². The van der Waals surface area contributed by atoms with Crippen LogP contribution in [-0.2, 0) is 9.59 Å². The van der Waals surface area contributed by atoms with Gasteiger partial charge in [0.05, 0.1) is 15.1 Å². The van der Waals surface area contributed by atoms with Crippen LogP contribution >= 0.6 is 34.8 Å². The Morgan fingerprint density at radius 3 is 2.47 bits per heavy atom. The minimum absolute atomic E-state index is 0.0199. The van der Waals surface area contributed by atoms with E-state index in [1.165, 1.54) is 12.1 Å². The molecule has 1 atom stereocenters. The number of piperidine rings is 1. The highest BCUT2D eigenvalue weighted by Crippen LogP contribution is 2.34. The van der Waals surface area contributed by atoms with Gasteiger partial charge in [-0.3, -0.25) is 14.4 Å². The van der Waals surface area contributed by atoms with Crippen LogP contribution < -0.4 is 5.32 Å². The summed E-state index contributed by atoms with van der Waals surface area (Å²) in [6, 6.07) is 2.75. The first-order chi connectivity index (χ1) is 8.93. The number of Topliss-reactive ketones (excluding diaryl/α,β-unsaturated/α-hetero) is 2. The molecule has 19 heavy (non-hydrogen) atoms. The first-order valence-corrected chi connectivity index (χ1v) is 6.55. The third-order valence-electron chi connectivity index (χ3n) is 2.82. The molecule has 1 saturated heterocycles. The van der Waals surface area contributed by atoms with E-state index in [0.29, 0.717) is 0 Å². The normalized spacial score (nSPS) is 19.2. The minimum Gasteiger partial charge on any atom is -0.355 e. The minimum atomic E-state index is -1.36. The summed E-state index contributed by atoms with van der Waals surface area (Å²) in [7, 11) is 0. The molecule has 1 aromatic rings. The molecule has 2 rings (SSSR count). The van der Waals surface area contributed by atoms with Gasteiger partial charge in [-0.1, -0.05) is 34.8 Å². The second-order valence-electron chi connectivity index (χ2n) is 4.03. The van der Waals surface area contributed by atoms with Crippen LogP contribution in [0.3, 0.4) is 0 Å². The predicted molar refractivity (Wildman–Crippen MR) is 71.9 cm³/mol. The molecule has 0 saturated carbocycles. The van der Waals surface area contributed by atoms with Gasteiger partial charge in [0.1, 0.15) is 0 Å². The van der Waals surface area contributed by atoms with E-state index in [-0.39, 0.29) is 33.6 Å². The molecule has 1 fully saturated rings. The Labute approximate surface area is 124 Å². The number of rotatable bonds is 2. The first kappa shape index (κ1) is 14.3. The van der Waals surface area contributed by atoms with E-state index < -0.39 is 23.4 Å². The maximum Gasteiger partial charge on any atom is 0.238 e. The summed E-state index contributed by atoms with van der Waals surface area (Å²) >= 11 is 17.5. The van der Waals surface area contributed by atoms with E-state index in [0.717, 1.165) is 0 Å². The van der Waals surface area contributed by atoms with E-state index in [9.17, 15) is 14.4 Å². The topological polar surface area (TPSA) is 63.2 Å². The Hall–Kier alpha value is -1.10. The van der Waals surface area contributed by atoms with Crippen molar-refractivity contribution in [2.75, 3.05) is 6.54 Å². The number of hydrogen-bond acceptors (Lipinski definition) is 3. The molecular weight excluding hydrogens is 312 g/mol. The van der Waals surface area contributed by atoms with Crippen LogP contribution in [0.2, 0.25) is 15.1 Å². The fraction of sp³-hybridized carbons (Fsp3) is 0.250. The van der Waals surface area contributed by atoms with Crippen molar-refractivity contribution in [3.63, 3.8) is 0 Å². The molecule has 1 unspecified atom stereocenters. The number of hydrogen-bond donors (Lipinski definition) is 1. The summed E-state index contributed by atoms with van der Waals surface area (Å²) in [6.07, 6.45) is 0.126. The summed E-state index contributed by atoms with van der Waals surface area (Å²) in [5.74, 6) is -3.05. The van der Waals surface area contributed by atoms with Crippen LogP contribution in [-0.4, -0.2) is 24.0 Å². The Morgan fingerprint density at radius 2 is 1.84 bits per heavy atom. The standard InChI is InChI=1S/C12H8Cl3NO3/c13-6-2-1-5(9(14)10(6)15)11(18)8-7(17)3-4-16-12(8)19/h1-2,8H,3-4H2,(H,16,19). The van der Waals surface area contributed by atoms with Gasteiger partial charge < -0.3 is 5.32 Å². The average molecular weight is 321 g/mol. The molecule has 1 aliphatic heterocycles. The van der Waals surface area contributed by atoms with E-state index in [1.807, 2.05) is 0 Å². The molecule has 1 N–H and O–H groups in total. The van der Waals surface area contributed by atoms with Gasteiger partial charge in [-0.15, -0.1) is 0 Å². The van der Waals surface area contributed by atoms with Crippen LogP contribution in [0.4, 0.5) is 0 Å². The zero-order valence-corrected chi connectivity index (χ0v) is 11.8. The maximum absolute atomic E-state index is 12.2. The second-order valence-corrected chi connectivity index (χ2v) is 5.19. The lowest BCUT2D eigenvalue weighted by Crippen LogP contribution is -2.46. The molecule has 1 aromatic carbocycles. The van der Waals surface area contributed by atoms with Crippen molar-refractivity contribution in [2.24, 2.45) is 5.92 Å². The van der Waals surface area contributed by atoms with Gasteiger partial charge in [-0.2, -0.15) is 0 Å². The number of halogens is 3. The molecule has 100 valence electrons. The predicted octanol–water partition coefficient (Wildman–Crippen LogP) is 2.53. The lowest BCUT2D eigenvalue weighted by atomic mass is 9.89. The molecule has 1 amide bonds. The monoisotopic (exact) mass is 319 g/mol. The maximum atomic E-state index is 12.2. The molecule has 1 heterocycles. The van der Waals surface area contributed by atoms with Gasteiger partial charge in [-0.25, -0.2) is 0 Å². The number of benzene rings is 1. The average Bonchev–Trinajstić information content (AvgIpc) is 2.35. The van der Waals surface area contributed by atoms with Gasteiger partial charge in [0, 0.05) is 18.5 Å². The summed E-state index contributed by atoms with van der Waals surface area (Å²) in [6.45, 7) is 0.247. The smallest absolute Gasteiger partial charge is 0.238 e. The first-order valence-electron chi connectivity index (χ1n) is 5.41. The zero-order valence-electron chi connectivity index (χ0n) is 9.50. The number of ketones is 2. The van der Waals surface area contributed by atoms with Gasteiger partial charge in [-0.05, 0) is 12.1 Å². The Kier molecular flexibility index (Phi) is 4.13. The molecule has 0 spiro atoms. The second kappa shape index (κ2) is 5.49. The van der Waals surface area contributed by atoms with Gasteiger partial charge >= 0.3 is 0 Å². The van der Waals surface area contributed by atoms with Crippen molar-refractivity contribution in [1.29, 1.82) is 0 Å². The van der Waals surface area contributed by atoms with Crippen LogP contribution in [0.5, 0.6) is 0 Å². The quantitative estimate of drug-likeness (QED) is 0.517. The molecule has 1 aliphatic rings. The third-order valence-corrected chi connectivity index (χ3v) is 4.11. The van der Waals surface area contributed by atoms with Crippen molar-refractivity contribution < 1.29 is 14.4 Å². The molecule has 7 heteroatoms. The summed E-state index contributed by atoms with van der Waals surface area (Å²) in [5.41, 5.74) is 0.0199. The summed E-state index contributed by atoms with van der Waals surface area (Å²) in [4.78, 5) is 35.6. The van der Waals surface area contributed by atoms with E-state index in [1.54, 1.807) is 0 Å². The lowest BCUT2D eigenvalue weighted by Gasteiger charge is -2.20. The van der Waals surface area contributed by atoms with Gasteiger partial charge in [0.2, 0.25) is 5.91 Å². The van der Waals surface area contributed by atoms with Crippen LogP contribution in [0.15, 0.2) is 12.1 Å². The van der Waals surface area contributed by atoms with Gasteiger partial charge in [0.15, 0.2) is 17.5 Å². The van der Waals surface area contributed by atoms with Crippen molar-refractivity contribution in [3.05, 3.63) is 32.8 Å². The van der Waals surface area contributed by atoms with E-state index in [4.69, 9.17) is 34.8 Å². The highest BCUT2D eigenvalue weighted by atomic mass is 35.5. The van der Waals surface area contributed by atoms with Crippen LogP contribution in [0, 0.1) is 5.92 Å². The highest BCUT2D eigenvalue weighted by molar-refractivity contribution is 6.49. The number of carbonyl (C=O) groups is 3. The molecule has 0 radical (unpaired) electrons. The Balaban J connectivity index is 2.42. The molecular formula is C12H8Cl3NO3. The largest absolute Gasteiger partial charge is 0.355 e. The Morgan fingerprint density at radius 1 is 1.16 bits per heavy atom. The summed E-state index contributed by atoms with van der Waals surface area (Å²) < 4.78 is 0. The number of nitrogens with one attached hydrogen (secondary N) is 1. The lowest BCUT2D eigenvalue weighted by molar-refractivity contribution is -0.134. The van der Waals surface area contributed by atoms with E-state index in [2.05, 4.69) is 5.32 Å². The van der Waals surface area contributed by atoms with Crippen LogP contribution in [0.25, 0.3) is 0 Å². The Bertz CT molecular complexity index is 570. The zero-order chi connectivity index (χ0) is 14.2. The molecule has 0 aliphatic carbocycles. The molecule has 0 bridgehead atoms. The van der Waals surface area contributed by atoms with E-state index >= 15 is 0 Å². The fourth-order valence-electron chi connectivity index (χ4n) is 1.84. The van der Waals surface area contributed by atoms with Crippen molar-refractivity contribution in [3.8, 4) is 0 Å². The van der Waals surface area contributed by atoms with Crippen molar-refractivity contribution in [1.82, 2.24) is 5.32 Å². The SMILES string of the molecule is O=C1CCNC(=O)C1C(=O)c1ccc(Cl)c(Cl)c1Cl. The fourth-order valence-corrected chi connectivity index (χ4v) is 2.47. The third kappa shape index (κ3) is 2.61. The molecule has 0 aromatic heterocycles.